The van der Waals surface area contributed by atoms with Crippen molar-refractivity contribution in [1.82, 2.24) is 4.90 Å². The van der Waals surface area contributed by atoms with Gasteiger partial charge in [0.1, 0.15) is 0 Å². The van der Waals surface area contributed by atoms with Crippen LogP contribution in [0.4, 0.5) is 5.69 Å². The summed E-state index contributed by atoms with van der Waals surface area (Å²) >= 11 is 0. The minimum Gasteiger partial charge on any atom is -0.399 e. The third kappa shape index (κ3) is 2.41. The van der Waals surface area contributed by atoms with Crippen LogP contribution in [0.3, 0.4) is 0 Å². The normalized spacial score (nSPS) is 23.6. The fraction of sp³-hybridized carbons (Fsp3) is 0.588. The molecular weight excluding hydrogens is 246 g/mol. The summed E-state index contributed by atoms with van der Waals surface area (Å²) in [5, 5.41) is 0. The number of hydrogen-bond acceptors (Lipinski definition) is 2. The highest BCUT2D eigenvalue weighted by Crippen LogP contribution is 2.39. The maximum absolute atomic E-state index is 7.69. The zero-order valence-electron chi connectivity index (χ0n) is 12.0. The molecule has 3 heteroatoms. The Balaban J connectivity index is 1.73. The zero-order valence-corrected chi connectivity index (χ0v) is 12.0. The molecule has 2 fully saturated rings. The molecule has 1 heterocycles. The molecule has 0 atom stereocenters. The summed E-state index contributed by atoms with van der Waals surface area (Å²) in [6, 6.07) is 8.71. The standard InChI is InChI=1S/C17H23N3/c1-19-17(14-6-8-15(18)9-7-14)10-12-20(13-11-17)16-4-2-3-5-16/h6-9,16H,2-5,10-13,18H2. The van der Waals surface area contributed by atoms with Gasteiger partial charge in [-0.1, -0.05) is 12.8 Å². The number of benzene rings is 1. The molecule has 0 spiro atoms. The lowest BCUT2D eigenvalue weighted by Crippen LogP contribution is -2.45. The number of rotatable bonds is 2. The van der Waals surface area contributed by atoms with Crippen molar-refractivity contribution in [3.8, 4) is 0 Å². The van der Waals surface area contributed by atoms with Crippen LogP contribution in [-0.4, -0.2) is 24.0 Å². The summed E-state index contributed by atoms with van der Waals surface area (Å²) in [4.78, 5) is 6.64. The van der Waals surface area contributed by atoms with Crippen molar-refractivity contribution in [3.63, 3.8) is 0 Å². The summed E-state index contributed by atoms with van der Waals surface area (Å²) in [7, 11) is 0. The highest BCUT2D eigenvalue weighted by atomic mass is 15.2. The second-order valence-electron chi connectivity index (χ2n) is 6.24. The van der Waals surface area contributed by atoms with Crippen molar-refractivity contribution in [2.24, 2.45) is 0 Å². The predicted octanol–water partition coefficient (Wildman–Crippen LogP) is 3.42. The summed E-state index contributed by atoms with van der Waals surface area (Å²) in [5.41, 5.74) is 7.36. The van der Waals surface area contributed by atoms with E-state index in [0.29, 0.717) is 0 Å². The molecule has 2 N–H and O–H groups in total. The molecule has 0 aromatic heterocycles. The third-order valence-electron chi connectivity index (χ3n) is 5.13. The number of nitrogens with two attached hydrogens (primary N) is 1. The van der Waals surface area contributed by atoms with Crippen LogP contribution in [0.15, 0.2) is 24.3 Å². The Morgan fingerprint density at radius 3 is 2.25 bits per heavy atom. The van der Waals surface area contributed by atoms with E-state index in [1.165, 1.54) is 25.7 Å². The van der Waals surface area contributed by atoms with Crippen LogP contribution >= 0.6 is 0 Å². The monoisotopic (exact) mass is 269 g/mol. The first kappa shape index (κ1) is 13.5. The van der Waals surface area contributed by atoms with Gasteiger partial charge in [-0.15, -0.1) is 0 Å². The van der Waals surface area contributed by atoms with Crippen molar-refractivity contribution in [2.45, 2.75) is 50.1 Å². The molecule has 3 nitrogen and oxygen atoms in total. The molecule has 1 aliphatic heterocycles. The molecule has 0 radical (unpaired) electrons. The number of nitrogen functional groups attached to an aromatic ring is 1. The molecule has 0 unspecified atom stereocenters. The lowest BCUT2D eigenvalue weighted by molar-refractivity contribution is 0.132. The van der Waals surface area contributed by atoms with Crippen LogP contribution in [-0.2, 0) is 5.54 Å². The van der Waals surface area contributed by atoms with Crippen molar-refractivity contribution in [2.75, 3.05) is 18.8 Å². The molecule has 0 amide bonds. The Morgan fingerprint density at radius 1 is 1.10 bits per heavy atom. The van der Waals surface area contributed by atoms with Gasteiger partial charge in [-0.2, -0.15) is 0 Å². The maximum Gasteiger partial charge on any atom is 0.260 e. The van der Waals surface area contributed by atoms with Gasteiger partial charge in [0.25, 0.3) is 5.54 Å². The van der Waals surface area contributed by atoms with E-state index in [1.54, 1.807) is 0 Å². The molecular formula is C17H23N3. The molecule has 20 heavy (non-hydrogen) atoms. The molecule has 106 valence electrons. The summed E-state index contributed by atoms with van der Waals surface area (Å²) < 4.78 is 0. The van der Waals surface area contributed by atoms with Crippen molar-refractivity contribution in [1.29, 1.82) is 0 Å². The van der Waals surface area contributed by atoms with Gasteiger partial charge in [0.15, 0.2) is 0 Å². The fourth-order valence-electron chi connectivity index (χ4n) is 3.79. The molecule has 1 aromatic carbocycles. The van der Waals surface area contributed by atoms with Gasteiger partial charge in [-0.25, -0.2) is 6.57 Å². The Kier molecular flexibility index (Phi) is 3.67. The summed E-state index contributed by atoms with van der Waals surface area (Å²) in [6.45, 7) is 9.82. The Morgan fingerprint density at radius 2 is 1.70 bits per heavy atom. The van der Waals surface area contributed by atoms with E-state index in [0.717, 1.165) is 43.2 Å². The second kappa shape index (κ2) is 5.46. The topological polar surface area (TPSA) is 33.6 Å². The van der Waals surface area contributed by atoms with E-state index in [4.69, 9.17) is 12.3 Å². The van der Waals surface area contributed by atoms with E-state index >= 15 is 0 Å². The van der Waals surface area contributed by atoms with E-state index in [9.17, 15) is 0 Å². The van der Waals surface area contributed by atoms with E-state index in [-0.39, 0.29) is 5.54 Å². The molecule has 1 aromatic rings. The van der Waals surface area contributed by atoms with E-state index in [1.807, 2.05) is 24.3 Å². The lowest BCUT2D eigenvalue weighted by Gasteiger charge is -2.37. The number of piperidine rings is 1. The minimum absolute atomic E-state index is 0.317. The first-order chi connectivity index (χ1) is 9.73. The molecule has 1 saturated carbocycles. The van der Waals surface area contributed by atoms with Crippen LogP contribution in [0, 0.1) is 6.57 Å². The first-order valence-corrected chi connectivity index (χ1v) is 7.72. The van der Waals surface area contributed by atoms with Crippen LogP contribution in [0.2, 0.25) is 0 Å². The average Bonchev–Trinajstić information content (AvgIpc) is 3.02. The Labute approximate surface area is 121 Å². The highest BCUT2D eigenvalue weighted by Gasteiger charge is 2.43. The van der Waals surface area contributed by atoms with Gasteiger partial charge in [0.2, 0.25) is 0 Å². The fourth-order valence-corrected chi connectivity index (χ4v) is 3.79. The molecule has 2 aliphatic rings. The van der Waals surface area contributed by atoms with Crippen LogP contribution in [0.5, 0.6) is 0 Å². The lowest BCUT2D eigenvalue weighted by atomic mass is 9.81. The van der Waals surface area contributed by atoms with Crippen molar-refractivity contribution in [3.05, 3.63) is 41.2 Å². The third-order valence-corrected chi connectivity index (χ3v) is 5.13. The molecule has 0 bridgehead atoms. The highest BCUT2D eigenvalue weighted by molar-refractivity contribution is 5.42. The molecule has 3 rings (SSSR count). The SMILES string of the molecule is [C-]#[N+]C1(c2ccc(N)cc2)CCN(C2CCCC2)CC1. The number of hydrogen-bond donors (Lipinski definition) is 1. The van der Waals surface area contributed by atoms with Crippen molar-refractivity contribution < 1.29 is 0 Å². The van der Waals surface area contributed by atoms with Gasteiger partial charge >= 0.3 is 0 Å². The van der Waals surface area contributed by atoms with Gasteiger partial charge < -0.3 is 10.6 Å². The zero-order chi connectivity index (χ0) is 14.0. The van der Waals surface area contributed by atoms with Gasteiger partial charge in [0, 0.05) is 43.2 Å². The van der Waals surface area contributed by atoms with Crippen LogP contribution in [0.1, 0.15) is 44.1 Å². The number of likely N-dealkylation sites (tertiary alicyclic amines) is 1. The van der Waals surface area contributed by atoms with Gasteiger partial charge in [-0.05, 0) is 37.1 Å². The smallest absolute Gasteiger partial charge is 0.260 e. The van der Waals surface area contributed by atoms with Crippen LogP contribution < -0.4 is 5.73 Å². The molecule has 1 aliphatic carbocycles. The average molecular weight is 269 g/mol. The maximum atomic E-state index is 7.69. The predicted molar refractivity (Wildman–Crippen MR) is 82.2 cm³/mol. The Hall–Kier alpha value is -1.53. The summed E-state index contributed by atoms with van der Waals surface area (Å²) in [6.07, 6.45) is 7.38. The largest absolute Gasteiger partial charge is 0.399 e. The summed E-state index contributed by atoms with van der Waals surface area (Å²) in [5.74, 6) is 0. The number of anilines is 1. The van der Waals surface area contributed by atoms with Gasteiger partial charge in [0.05, 0.1) is 0 Å². The van der Waals surface area contributed by atoms with Crippen LogP contribution in [0.25, 0.3) is 4.85 Å². The number of nitrogens with zero attached hydrogens (tertiary/aromatic N) is 2. The second-order valence-corrected chi connectivity index (χ2v) is 6.24. The van der Waals surface area contributed by atoms with Gasteiger partial charge in [-0.3, -0.25) is 4.90 Å². The molecule has 1 saturated heterocycles. The van der Waals surface area contributed by atoms with E-state index < -0.39 is 0 Å². The first-order valence-electron chi connectivity index (χ1n) is 7.72. The van der Waals surface area contributed by atoms with E-state index in [2.05, 4.69) is 9.74 Å². The Bertz CT molecular complexity index is 486. The quantitative estimate of drug-likeness (QED) is 0.659. The van der Waals surface area contributed by atoms with Crippen molar-refractivity contribution >= 4 is 5.69 Å². The minimum atomic E-state index is -0.317.